The average molecular weight is 370 g/mol. The van der Waals surface area contributed by atoms with Crippen LogP contribution in [0, 0.1) is 0 Å². The minimum Gasteiger partial charge on any atom is -0.352 e. The first-order chi connectivity index (χ1) is 12.6. The summed E-state index contributed by atoms with van der Waals surface area (Å²) in [6.45, 7) is 9.03. The van der Waals surface area contributed by atoms with E-state index in [0.29, 0.717) is 5.92 Å². The Hall–Kier alpha value is -2.11. The van der Waals surface area contributed by atoms with E-state index in [-0.39, 0.29) is 0 Å². The van der Waals surface area contributed by atoms with Gasteiger partial charge in [0.25, 0.3) is 0 Å². The lowest BCUT2D eigenvalue weighted by molar-refractivity contribution is 0.586. The van der Waals surface area contributed by atoms with Crippen LogP contribution in [0.5, 0.6) is 0 Å². The van der Waals surface area contributed by atoms with E-state index in [1.165, 1.54) is 5.56 Å². The molecule has 0 bridgehead atoms. The van der Waals surface area contributed by atoms with Gasteiger partial charge >= 0.3 is 0 Å². The molecule has 1 aliphatic heterocycles. The van der Waals surface area contributed by atoms with Crippen LogP contribution in [0.3, 0.4) is 0 Å². The maximum Gasteiger partial charge on any atom is 0.156 e. The maximum atomic E-state index is 6.18. The number of fused-ring (bicyclic) bond motifs is 1. The molecule has 1 aromatic carbocycles. The molecule has 4 rings (SSSR count). The fourth-order valence-electron chi connectivity index (χ4n) is 3.59. The molecule has 0 atom stereocenters. The summed E-state index contributed by atoms with van der Waals surface area (Å²) in [6, 6.07) is 10.1. The molecule has 3 heterocycles. The number of nitrogens with zero attached hydrogens (tertiary/aromatic N) is 4. The first-order valence-electron chi connectivity index (χ1n) is 9.18. The Balaban J connectivity index is 1.81. The second kappa shape index (κ2) is 7.25. The first-order valence-corrected chi connectivity index (χ1v) is 9.56. The van der Waals surface area contributed by atoms with Gasteiger partial charge in [0.15, 0.2) is 5.82 Å². The number of rotatable bonds is 4. The highest BCUT2D eigenvalue weighted by molar-refractivity contribution is 6.30. The number of anilines is 1. The van der Waals surface area contributed by atoms with Crippen molar-refractivity contribution in [2.45, 2.75) is 26.3 Å². The van der Waals surface area contributed by atoms with Crippen LogP contribution in [0.15, 0.2) is 36.5 Å². The third-order valence-electron chi connectivity index (χ3n) is 4.84. The number of benzene rings is 1. The molecule has 0 saturated carbocycles. The molecule has 3 aromatic rings. The number of piperazine rings is 1. The summed E-state index contributed by atoms with van der Waals surface area (Å²) in [5.74, 6) is 2.41. The molecular formula is C20H24ClN5. The molecule has 136 valence electrons. The van der Waals surface area contributed by atoms with Gasteiger partial charge in [-0.1, -0.05) is 37.6 Å². The van der Waals surface area contributed by atoms with E-state index in [1.807, 2.05) is 24.4 Å². The lowest BCUT2D eigenvalue weighted by Crippen LogP contribution is -2.44. The predicted octanol–water partition coefficient (Wildman–Crippen LogP) is 3.67. The summed E-state index contributed by atoms with van der Waals surface area (Å²) in [4.78, 5) is 12.0. The SMILES string of the molecule is CC(C)c1nc2c(N3CCNCC3)nccc2n1Cc1cccc(Cl)c1. The van der Waals surface area contributed by atoms with E-state index in [2.05, 4.69) is 45.7 Å². The van der Waals surface area contributed by atoms with Crippen molar-refractivity contribution in [3.8, 4) is 0 Å². The summed E-state index contributed by atoms with van der Waals surface area (Å²) in [7, 11) is 0. The molecule has 0 spiro atoms. The summed E-state index contributed by atoms with van der Waals surface area (Å²) in [6.07, 6.45) is 1.90. The lowest BCUT2D eigenvalue weighted by atomic mass is 10.2. The monoisotopic (exact) mass is 369 g/mol. The molecule has 2 aromatic heterocycles. The van der Waals surface area contributed by atoms with Crippen LogP contribution in [0.4, 0.5) is 5.82 Å². The molecule has 0 amide bonds. The van der Waals surface area contributed by atoms with Crippen molar-refractivity contribution < 1.29 is 0 Å². The topological polar surface area (TPSA) is 46.0 Å². The van der Waals surface area contributed by atoms with Crippen molar-refractivity contribution in [3.05, 3.63) is 52.9 Å². The minimum atomic E-state index is 0.331. The molecule has 26 heavy (non-hydrogen) atoms. The van der Waals surface area contributed by atoms with Crippen molar-refractivity contribution in [2.75, 3.05) is 31.1 Å². The van der Waals surface area contributed by atoms with E-state index in [4.69, 9.17) is 16.6 Å². The van der Waals surface area contributed by atoms with E-state index < -0.39 is 0 Å². The first kappa shape index (κ1) is 17.3. The third kappa shape index (κ3) is 3.29. The molecule has 5 nitrogen and oxygen atoms in total. The van der Waals surface area contributed by atoms with Gasteiger partial charge in [0.05, 0.1) is 5.52 Å². The van der Waals surface area contributed by atoms with E-state index in [9.17, 15) is 0 Å². The average Bonchev–Trinajstić information content (AvgIpc) is 3.01. The molecule has 1 N–H and O–H groups in total. The number of aromatic nitrogens is 3. The number of hydrogen-bond acceptors (Lipinski definition) is 4. The number of imidazole rings is 1. The molecule has 0 radical (unpaired) electrons. The van der Waals surface area contributed by atoms with E-state index >= 15 is 0 Å². The number of pyridine rings is 1. The second-order valence-corrected chi connectivity index (χ2v) is 7.52. The zero-order chi connectivity index (χ0) is 18.1. The van der Waals surface area contributed by atoms with Crippen LogP contribution < -0.4 is 10.2 Å². The van der Waals surface area contributed by atoms with Gasteiger partial charge in [-0.05, 0) is 23.8 Å². The summed E-state index contributed by atoms with van der Waals surface area (Å²) >= 11 is 6.18. The second-order valence-electron chi connectivity index (χ2n) is 7.08. The highest BCUT2D eigenvalue weighted by Gasteiger charge is 2.21. The number of nitrogens with one attached hydrogen (secondary N) is 1. The van der Waals surface area contributed by atoms with Gasteiger partial charge in [-0.3, -0.25) is 0 Å². The fraction of sp³-hybridized carbons (Fsp3) is 0.400. The van der Waals surface area contributed by atoms with Crippen molar-refractivity contribution in [2.24, 2.45) is 0 Å². The Morgan fingerprint density at radius 3 is 2.73 bits per heavy atom. The van der Waals surface area contributed by atoms with Gasteiger partial charge < -0.3 is 14.8 Å². The Bertz CT molecular complexity index is 912. The number of halogens is 1. The van der Waals surface area contributed by atoms with Gasteiger partial charge in [0.2, 0.25) is 0 Å². The van der Waals surface area contributed by atoms with Crippen LogP contribution in [-0.2, 0) is 6.54 Å². The van der Waals surface area contributed by atoms with E-state index in [1.54, 1.807) is 0 Å². The van der Waals surface area contributed by atoms with Crippen LogP contribution in [-0.4, -0.2) is 40.7 Å². The van der Waals surface area contributed by atoms with Gasteiger partial charge in [0.1, 0.15) is 11.3 Å². The largest absolute Gasteiger partial charge is 0.352 e. The quantitative estimate of drug-likeness (QED) is 0.762. The maximum absolute atomic E-state index is 6.18. The molecule has 1 saturated heterocycles. The van der Waals surface area contributed by atoms with Crippen molar-refractivity contribution in [1.29, 1.82) is 0 Å². The summed E-state index contributed by atoms with van der Waals surface area (Å²) in [5.41, 5.74) is 3.32. The number of hydrogen-bond donors (Lipinski definition) is 1. The van der Waals surface area contributed by atoms with Crippen LogP contribution >= 0.6 is 11.6 Å². The third-order valence-corrected chi connectivity index (χ3v) is 5.08. The molecule has 0 unspecified atom stereocenters. The highest BCUT2D eigenvalue weighted by atomic mass is 35.5. The van der Waals surface area contributed by atoms with Crippen LogP contribution in [0.2, 0.25) is 5.02 Å². The van der Waals surface area contributed by atoms with Gasteiger partial charge in [0, 0.05) is 49.9 Å². The van der Waals surface area contributed by atoms with Crippen molar-refractivity contribution in [3.63, 3.8) is 0 Å². The molecule has 6 heteroatoms. The van der Waals surface area contributed by atoms with Gasteiger partial charge in [-0.25, -0.2) is 9.97 Å². The molecule has 0 aliphatic carbocycles. The normalized spacial score (nSPS) is 15.2. The summed E-state index contributed by atoms with van der Waals surface area (Å²) in [5, 5.41) is 4.16. The van der Waals surface area contributed by atoms with Gasteiger partial charge in [-0.15, -0.1) is 0 Å². The van der Waals surface area contributed by atoms with Gasteiger partial charge in [-0.2, -0.15) is 0 Å². The Morgan fingerprint density at radius 2 is 2.00 bits per heavy atom. The van der Waals surface area contributed by atoms with Crippen molar-refractivity contribution >= 4 is 28.5 Å². The Kier molecular flexibility index (Phi) is 4.83. The van der Waals surface area contributed by atoms with Crippen molar-refractivity contribution in [1.82, 2.24) is 19.9 Å². The lowest BCUT2D eigenvalue weighted by Gasteiger charge is -2.28. The molecule has 1 fully saturated rings. The Morgan fingerprint density at radius 1 is 1.19 bits per heavy atom. The summed E-state index contributed by atoms with van der Waals surface area (Å²) < 4.78 is 2.30. The zero-order valence-corrected chi connectivity index (χ0v) is 16.0. The minimum absolute atomic E-state index is 0.331. The van der Waals surface area contributed by atoms with E-state index in [0.717, 1.165) is 60.4 Å². The Labute approximate surface area is 159 Å². The fourth-order valence-corrected chi connectivity index (χ4v) is 3.80. The predicted molar refractivity (Wildman–Crippen MR) is 107 cm³/mol. The smallest absolute Gasteiger partial charge is 0.156 e. The molecule has 1 aliphatic rings. The van der Waals surface area contributed by atoms with Crippen LogP contribution in [0.1, 0.15) is 31.2 Å². The van der Waals surface area contributed by atoms with Crippen LogP contribution in [0.25, 0.3) is 11.0 Å². The highest BCUT2D eigenvalue weighted by Crippen LogP contribution is 2.29. The standard InChI is InChI=1S/C20H24ClN5/c1-14(2)19-24-18-17(26(19)13-15-4-3-5-16(21)12-15)6-7-23-20(18)25-10-8-22-9-11-25/h3-7,12,14,22H,8-11,13H2,1-2H3. The molecular weight excluding hydrogens is 346 g/mol. The zero-order valence-electron chi connectivity index (χ0n) is 15.2.